The molecule has 35 heavy (non-hydrogen) atoms. The molecule has 1 unspecified atom stereocenters. The Hall–Kier alpha value is -4.35. The number of urea groups is 1. The van der Waals surface area contributed by atoms with Crippen LogP contribution in [0.15, 0.2) is 60.9 Å². The van der Waals surface area contributed by atoms with Crippen LogP contribution >= 0.6 is 0 Å². The molecule has 2 aromatic heterocycles. The number of hydrogen-bond donors (Lipinski definition) is 5. The second kappa shape index (κ2) is 10.3. The number of aromatic nitrogens is 2. The Balaban J connectivity index is 1.43. The Bertz CT molecular complexity index is 1370. The zero-order chi connectivity index (χ0) is 24.9. The molecule has 0 spiro atoms. The number of pyridine rings is 1. The van der Waals surface area contributed by atoms with E-state index < -0.39 is 36.3 Å². The minimum absolute atomic E-state index is 0.0693. The number of amides is 3. The number of hydrogen-bond acceptors (Lipinski definition) is 6. The summed E-state index contributed by atoms with van der Waals surface area (Å²) in [6, 6.07) is 9.56. The molecule has 5 N–H and O–H groups in total. The Kier molecular flexibility index (Phi) is 6.99. The summed E-state index contributed by atoms with van der Waals surface area (Å²) in [5.74, 6) is -1.83. The van der Waals surface area contributed by atoms with Gasteiger partial charge in [0.2, 0.25) is 5.91 Å². The van der Waals surface area contributed by atoms with Crippen molar-refractivity contribution in [1.29, 1.82) is 0 Å². The van der Waals surface area contributed by atoms with Gasteiger partial charge in [0, 0.05) is 29.7 Å². The molecule has 9 nitrogen and oxygen atoms in total. The third kappa shape index (κ3) is 5.60. The van der Waals surface area contributed by atoms with Crippen molar-refractivity contribution in [3.05, 3.63) is 83.7 Å². The van der Waals surface area contributed by atoms with E-state index in [-0.39, 0.29) is 23.6 Å². The van der Waals surface area contributed by atoms with E-state index in [0.29, 0.717) is 22.2 Å². The highest BCUT2D eigenvalue weighted by Crippen LogP contribution is 2.35. The molecule has 4 rings (SSSR count). The summed E-state index contributed by atoms with van der Waals surface area (Å²) >= 11 is 0. The fourth-order valence-electron chi connectivity index (χ4n) is 3.40. The predicted octanol–water partition coefficient (Wildman–Crippen LogP) is 3.55. The predicted molar refractivity (Wildman–Crippen MR) is 122 cm³/mol. The number of aliphatic hydroxyl groups excluding tert-OH is 2. The number of carbonyl (C=O) groups excluding carboxylic acids is 2. The van der Waals surface area contributed by atoms with Gasteiger partial charge in [-0.05, 0) is 35.9 Å². The molecule has 0 aliphatic rings. The maximum atomic E-state index is 14.7. The molecule has 0 fully saturated rings. The van der Waals surface area contributed by atoms with Crippen LogP contribution in [0.5, 0.6) is 11.5 Å². The fourth-order valence-corrected chi connectivity index (χ4v) is 3.40. The quantitative estimate of drug-likeness (QED) is 0.273. The van der Waals surface area contributed by atoms with Gasteiger partial charge in [-0.15, -0.1) is 0 Å². The maximum absolute atomic E-state index is 14.7. The van der Waals surface area contributed by atoms with Crippen LogP contribution in [-0.4, -0.2) is 38.7 Å². The lowest BCUT2D eigenvalue weighted by Gasteiger charge is -2.12. The number of aliphatic hydroxyl groups is 2. The van der Waals surface area contributed by atoms with Crippen molar-refractivity contribution >= 4 is 28.7 Å². The fraction of sp³-hybridized carbons (Fsp3) is 0.125. The molecule has 0 bridgehead atoms. The highest BCUT2D eigenvalue weighted by Gasteiger charge is 2.18. The van der Waals surface area contributed by atoms with Gasteiger partial charge in [0.25, 0.3) is 0 Å². The van der Waals surface area contributed by atoms with E-state index in [1.165, 1.54) is 54.9 Å². The molecule has 0 radical (unpaired) electrons. The van der Waals surface area contributed by atoms with Crippen LogP contribution in [0, 0.1) is 11.6 Å². The number of H-pyrrole nitrogens is 1. The summed E-state index contributed by atoms with van der Waals surface area (Å²) in [6.07, 6.45) is 1.59. The van der Waals surface area contributed by atoms with E-state index in [0.717, 1.165) is 6.07 Å². The number of nitrogens with one attached hydrogen (secondary N) is 3. The van der Waals surface area contributed by atoms with E-state index in [1.54, 1.807) is 0 Å². The molecular weight excluding hydrogens is 462 g/mol. The normalized spacial score (nSPS) is 11.8. The van der Waals surface area contributed by atoms with Crippen molar-refractivity contribution in [1.82, 2.24) is 15.3 Å². The number of aromatic amines is 1. The third-order valence-electron chi connectivity index (χ3n) is 5.04. The van der Waals surface area contributed by atoms with Gasteiger partial charge in [-0.3, -0.25) is 10.1 Å². The van der Waals surface area contributed by atoms with E-state index in [9.17, 15) is 28.6 Å². The van der Waals surface area contributed by atoms with Gasteiger partial charge >= 0.3 is 6.03 Å². The molecule has 0 aliphatic carbocycles. The van der Waals surface area contributed by atoms with Crippen LogP contribution < -0.4 is 15.4 Å². The van der Waals surface area contributed by atoms with Gasteiger partial charge in [-0.25, -0.2) is 18.6 Å². The monoisotopic (exact) mass is 482 g/mol. The van der Waals surface area contributed by atoms with Crippen molar-refractivity contribution in [3.8, 4) is 11.5 Å². The lowest BCUT2D eigenvalue weighted by Crippen LogP contribution is -2.35. The van der Waals surface area contributed by atoms with Crippen molar-refractivity contribution in [2.24, 2.45) is 0 Å². The SMILES string of the molecule is O=C(Cc1ccc(F)cc1)NC(=O)Nc1ccc(Oc2ccnc3[nH]cc(C(O)CO)c23)c(F)c1. The lowest BCUT2D eigenvalue weighted by atomic mass is 10.1. The number of fused-ring (bicyclic) bond motifs is 1. The summed E-state index contributed by atoms with van der Waals surface area (Å²) < 4.78 is 33.3. The van der Waals surface area contributed by atoms with Crippen LogP contribution in [0.2, 0.25) is 0 Å². The Morgan fingerprint density at radius 3 is 2.57 bits per heavy atom. The number of nitrogens with zero attached hydrogens (tertiary/aromatic N) is 1. The van der Waals surface area contributed by atoms with Crippen molar-refractivity contribution in [2.75, 3.05) is 11.9 Å². The standard InChI is InChI=1S/C24H20F2N4O5/c25-14-3-1-13(2-4-14)9-21(33)30-24(34)29-15-5-6-19(17(26)10-15)35-20-7-8-27-23-22(20)16(11-28-23)18(32)12-31/h1-8,10-11,18,31-32H,9,12H2,(H,27,28)(H2,29,30,33,34). The van der Waals surface area contributed by atoms with Crippen molar-refractivity contribution < 1.29 is 33.3 Å². The largest absolute Gasteiger partial charge is 0.453 e. The summed E-state index contributed by atoms with van der Waals surface area (Å²) in [5.41, 5.74) is 1.31. The zero-order valence-corrected chi connectivity index (χ0v) is 18.1. The molecule has 0 aliphatic heterocycles. The molecule has 0 saturated heterocycles. The zero-order valence-electron chi connectivity index (χ0n) is 18.1. The highest BCUT2D eigenvalue weighted by molar-refractivity contribution is 6.01. The molecule has 4 aromatic rings. The van der Waals surface area contributed by atoms with E-state index in [1.807, 2.05) is 0 Å². The molecular formula is C24H20F2N4O5. The van der Waals surface area contributed by atoms with Gasteiger partial charge < -0.3 is 25.3 Å². The summed E-state index contributed by atoms with van der Waals surface area (Å²) in [6.45, 7) is -0.523. The first-order chi connectivity index (χ1) is 16.8. The van der Waals surface area contributed by atoms with Crippen LogP contribution in [0.25, 0.3) is 11.0 Å². The number of halogens is 2. The maximum Gasteiger partial charge on any atom is 0.325 e. The first kappa shape index (κ1) is 23.8. The van der Waals surface area contributed by atoms with Gasteiger partial charge in [0.15, 0.2) is 11.6 Å². The lowest BCUT2D eigenvalue weighted by molar-refractivity contribution is -0.119. The molecule has 11 heteroatoms. The molecule has 180 valence electrons. The first-order valence-corrected chi connectivity index (χ1v) is 10.4. The molecule has 3 amide bonds. The van der Waals surface area contributed by atoms with Gasteiger partial charge in [-0.2, -0.15) is 0 Å². The Morgan fingerprint density at radius 2 is 1.86 bits per heavy atom. The molecule has 2 aromatic carbocycles. The minimum atomic E-state index is -1.18. The van der Waals surface area contributed by atoms with Crippen LogP contribution in [-0.2, 0) is 11.2 Å². The average molecular weight is 482 g/mol. The number of rotatable bonds is 7. The van der Waals surface area contributed by atoms with Crippen molar-refractivity contribution in [3.63, 3.8) is 0 Å². The summed E-state index contributed by atoms with van der Waals surface area (Å²) in [4.78, 5) is 31.1. The minimum Gasteiger partial charge on any atom is -0.453 e. The Labute approximate surface area is 197 Å². The number of ether oxygens (including phenoxy) is 1. The van der Waals surface area contributed by atoms with Crippen LogP contribution in [0.3, 0.4) is 0 Å². The number of anilines is 1. The summed E-state index contributed by atoms with van der Waals surface area (Å²) in [5, 5.41) is 24.1. The first-order valence-electron chi connectivity index (χ1n) is 10.4. The molecule has 0 saturated carbocycles. The van der Waals surface area contributed by atoms with E-state index in [4.69, 9.17) is 4.74 Å². The topological polar surface area (TPSA) is 137 Å². The number of imide groups is 1. The number of carbonyl (C=O) groups is 2. The number of benzene rings is 2. The highest BCUT2D eigenvalue weighted by atomic mass is 19.1. The molecule has 1 atom stereocenters. The second-order valence-corrected chi connectivity index (χ2v) is 7.53. The van der Waals surface area contributed by atoms with Crippen molar-refractivity contribution in [2.45, 2.75) is 12.5 Å². The smallest absolute Gasteiger partial charge is 0.325 e. The third-order valence-corrected chi connectivity index (χ3v) is 5.04. The molecule has 2 heterocycles. The van der Waals surface area contributed by atoms with Gasteiger partial charge in [0.05, 0.1) is 18.4 Å². The van der Waals surface area contributed by atoms with Crippen LogP contribution in [0.4, 0.5) is 19.3 Å². The van der Waals surface area contributed by atoms with Gasteiger partial charge in [0.1, 0.15) is 23.3 Å². The average Bonchev–Trinajstić information content (AvgIpc) is 3.27. The Morgan fingerprint density at radius 1 is 1.09 bits per heavy atom. The second-order valence-electron chi connectivity index (χ2n) is 7.53. The van der Waals surface area contributed by atoms with E-state index >= 15 is 0 Å². The van der Waals surface area contributed by atoms with E-state index in [2.05, 4.69) is 20.6 Å². The van der Waals surface area contributed by atoms with Gasteiger partial charge in [-0.1, -0.05) is 12.1 Å². The summed E-state index contributed by atoms with van der Waals surface area (Å²) in [7, 11) is 0. The van der Waals surface area contributed by atoms with Crippen LogP contribution in [0.1, 0.15) is 17.2 Å².